The minimum atomic E-state index is 0.310. The van der Waals surface area contributed by atoms with Crippen LogP contribution in [0.4, 0.5) is 11.6 Å². The molecule has 0 amide bonds. The van der Waals surface area contributed by atoms with E-state index in [9.17, 15) is 0 Å². The molecule has 3 aromatic rings. The molecule has 0 fully saturated rings. The van der Waals surface area contributed by atoms with E-state index in [0.29, 0.717) is 11.9 Å². The highest BCUT2D eigenvalue weighted by atomic mass is 32.1. The Balaban J connectivity index is 1.92. The van der Waals surface area contributed by atoms with E-state index < -0.39 is 0 Å². The fourth-order valence-corrected chi connectivity index (χ4v) is 3.11. The number of rotatable bonds is 5. The Morgan fingerprint density at radius 1 is 1.52 bits per heavy atom. The second kappa shape index (κ2) is 5.71. The Labute approximate surface area is 127 Å². The van der Waals surface area contributed by atoms with Gasteiger partial charge >= 0.3 is 0 Å². The zero-order valence-electron chi connectivity index (χ0n) is 12.0. The standard InChI is InChI=1S/C14H18N6S/c1-10(8-11-4-3-7-21-11)19(2)14-13-16-5-6-20(13)9-12(17-14)18-15/h3-7,9-10,18H,8,15H2,1-2H3. The van der Waals surface area contributed by atoms with Crippen molar-refractivity contribution in [2.24, 2.45) is 5.84 Å². The summed E-state index contributed by atoms with van der Waals surface area (Å²) in [7, 11) is 2.04. The molecule has 110 valence electrons. The Morgan fingerprint density at radius 2 is 2.38 bits per heavy atom. The predicted molar refractivity (Wildman–Crippen MR) is 86.7 cm³/mol. The average Bonchev–Trinajstić information content (AvgIpc) is 3.15. The van der Waals surface area contributed by atoms with Crippen LogP contribution in [0, 0.1) is 0 Å². The van der Waals surface area contributed by atoms with Crippen LogP contribution in [0.2, 0.25) is 0 Å². The van der Waals surface area contributed by atoms with Crippen molar-refractivity contribution in [1.29, 1.82) is 0 Å². The molecule has 3 heterocycles. The first-order valence-electron chi connectivity index (χ1n) is 6.74. The number of hydrogen-bond donors (Lipinski definition) is 2. The second-order valence-electron chi connectivity index (χ2n) is 5.00. The number of anilines is 2. The highest BCUT2D eigenvalue weighted by Gasteiger charge is 2.17. The summed E-state index contributed by atoms with van der Waals surface area (Å²) in [6.07, 6.45) is 6.45. The van der Waals surface area contributed by atoms with Crippen molar-refractivity contribution < 1.29 is 0 Å². The van der Waals surface area contributed by atoms with Crippen LogP contribution in [0.1, 0.15) is 11.8 Å². The third-order valence-corrected chi connectivity index (χ3v) is 4.47. The molecule has 0 aliphatic carbocycles. The van der Waals surface area contributed by atoms with Gasteiger partial charge in [-0.2, -0.15) is 0 Å². The number of hydrazine groups is 1. The minimum absolute atomic E-state index is 0.310. The molecule has 1 atom stereocenters. The number of thiophene rings is 1. The third-order valence-electron chi connectivity index (χ3n) is 3.58. The van der Waals surface area contributed by atoms with Crippen LogP contribution in [0.15, 0.2) is 36.1 Å². The SMILES string of the molecule is CC(Cc1cccs1)N(C)c1nc(NN)cn2ccnc12. The van der Waals surface area contributed by atoms with Crippen LogP contribution < -0.4 is 16.2 Å². The molecule has 3 N–H and O–H groups in total. The molecule has 0 aliphatic rings. The summed E-state index contributed by atoms with van der Waals surface area (Å²) in [5.74, 6) is 6.94. The zero-order chi connectivity index (χ0) is 14.8. The molecule has 6 nitrogen and oxygen atoms in total. The summed E-state index contributed by atoms with van der Waals surface area (Å²) in [4.78, 5) is 12.4. The van der Waals surface area contributed by atoms with Gasteiger partial charge in [0.1, 0.15) is 0 Å². The largest absolute Gasteiger partial charge is 0.353 e. The van der Waals surface area contributed by atoms with Gasteiger partial charge in [0.25, 0.3) is 0 Å². The topological polar surface area (TPSA) is 71.5 Å². The number of nitrogen functional groups attached to an aromatic ring is 1. The summed E-state index contributed by atoms with van der Waals surface area (Å²) in [5.41, 5.74) is 3.43. The number of imidazole rings is 1. The molecule has 0 aromatic carbocycles. The zero-order valence-corrected chi connectivity index (χ0v) is 12.8. The molecule has 0 radical (unpaired) electrons. The number of nitrogens with one attached hydrogen (secondary N) is 1. The maximum absolute atomic E-state index is 5.50. The van der Waals surface area contributed by atoms with Gasteiger partial charge in [-0.3, -0.25) is 0 Å². The van der Waals surface area contributed by atoms with Gasteiger partial charge in [0, 0.05) is 36.8 Å². The highest BCUT2D eigenvalue weighted by Crippen LogP contribution is 2.23. The summed E-state index contributed by atoms with van der Waals surface area (Å²) in [5, 5.41) is 2.10. The van der Waals surface area contributed by atoms with Gasteiger partial charge in [0.2, 0.25) is 0 Å². The number of nitrogens with two attached hydrogens (primary N) is 1. The molecule has 0 saturated carbocycles. The van der Waals surface area contributed by atoms with Crippen molar-refractivity contribution in [2.45, 2.75) is 19.4 Å². The van der Waals surface area contributed by atoms with Crippen LogP contribution in [0.5, 0.6) is 0 Å². The van der Waals surface area contributed by atoms with Crippen molar-refractivity contribution in [1.82, 2.24) is 14.4 Å². The van der Waals surface area contributed by atoms with Gasteiger partial charge in [0.15, 0.2) is 17.3 Å². The molecule has 3 aromatic heterocycles. The molecule has 3 rings (SSSR count). The monoisotopic (exact) mass is 302 g/mol. The first-order chi connectivity index (χ1) is 10.2. The van der Waals surface area contributed by atoms with E-state index in [0.717, 1.165) is 17.9 Å². The van der Waals surface area contributed by atoms with Crippen molar-refractivity contribution >= 4 is 28.6 Å². The van der Waals surface area contributed by atoms with Crippen LogP contribution in [-0.2, 0) is 6.42 Å². The fraction of sp³-hybridized carbons (Fsp3) is 0.286. The highest BCUT2D eigenvalue weighted by molar-refractivity contribution is 7.09. The first-order valence-corrected chi connectivity index (χ1v) is 7.62. The predicted octanol–water partition coefficient (Wildman–Crippen LogP) is 2.14. The van der Waals surface area contributed by atoms with E-state index in [1.807, 2.05) is 23.8 Å². The van der Waals surface area contributed by atoms with E-state index in [2.05, 4.69) is 44.7 Å². The van der Waals surface area contributed by atoms with E-state index >= 15 is 0 Å². The van der Waals surface area contributed by atoms with Gasteiger partial charge < -0.3 is 14.7 Å². The number of nitrogens with zero attached hydrogens (tertiary/aromatic N) is 4. The van der Waals surface area contributed by atoms with Crippen LogP contribution in [-0.4, -0.2) is 27.5 Å². The molecule has 21 heavy (non-hydrogen) atoms. The van der Waals surface area contributed by atoms with E-state index in [1.165, 1.54) is 4.88 Å². The second-order valence-corrected chi connectivity index (χ2v) is 6.03. The van der Waals surface area contributed by atoms with Crippen molar-refractivity contribution in [2.75, 3.05) is 17.4 Å². The van der Waals surface area contributed by atoms with Crippen molar-refractivity contribution in [3.63, 3.8) is 0 Å². The molecular formula is C14H18N6S. The molecule has 0 aliphatic heterocycles. The summed E-state index contributed by atoms with van der Waals surface area (Å²) in [6, 6.07) is 4.55. The van der Waals surface area contributed by atoms with E-state index in [1.54, 1.807) is 17.5 Å². The first kappa shape index (κ1) is 13.8. The fourth-order valence-electron chi connectivity index (χ4n) is 2.29. The maximum Gasteiger partial charge on any atom is 0.180 e. The summed E-state index contributed by atoms with van der Waals surface area (Å²) < 4.78 is 1.92. The quantitative estimate of drug-likeness (QED) is 0.558. The minimum Gasteiger partial charge on any atom is -0.353 e. The molecular weight excluding hydrogens is 284 g/mol. The smallest absolute Gasteiger partial charge is 0.180 e. The maximum atomic E-state index is 5.50. The van der Waals surface area contributed by atoms with Crippen molar-refractivity contribution in [3.05, 3.63) is 41.0 Å². The molecule has 0 spiro atoms. The lowest BCUT2D eigenvalue weighted by molar-refractivity contribution is 0.680. The van der Waals surface area contributed by atoms with Crippen LogP contribution >= 0.6 is 11.3 Å². The van der Waals surface area contributed by atoms with E-state index in [4.69, 9.17) is 5.84 Å². The number of likely N-dealkylation sites (N-methyl/N-ethyl adjacent to an activating group) is 1. The van der Waals surface area contributed by atoms with Gasteiger partial charge in [-0.15, -0.1) is 11.3 Å². The lowest BCUT2D eigenvalue weighted by atomic mass is 10.2. The Morgan fingerprint density at radius 3 is 3.10 bits per heavy atom. The number of aromatic nitrogens is 3. The average molecular weight is 302 g/mol. The number of fused-ring (bicyclic) bond motifs is 1. The van der Waals surface area contributed by atoms with Gasteiger partial charge in [0.05, 0.1) is 6.20 Å². The molecule has 0 saturated heterocycles. The van der Waals surface area contributed by atoms with Gasteiger partial charge in [-0.1, -0.05) is 6.07 Å². The molecule has 7 heteroatoms. The summed E-state index contributed by atoms with van der Waals surface area (Å²) in [6.45, 7) is 2.18. The molecule has 0 bridgehead atoms. The van der Waals surface area contributed by atoms with E-state index in [-0.39, 0.29) is 0 Å². The Hall–Kier alpha value is -2.12. The third kappa shape index (κ3) is 2.70. The van der Waals surface area contributed by atoms with Crippen LogP contribution in [0.3, 0.4) is 0 Å². The number of hydrogen-bond acceptors (Lipinski definition) is 6. The normalized spacial score (nSPS) is 12.5. The van der Waals surface area contributed by atoms with Gasteiger partial charge in [-0.25, -0.2) is 15.8 Å². The van der Waals surface area contributed by atoms with Gasteiger partial charge in [-0.05, 0) is 18.4 Å². The Bertz CT molecular complexity index is 720. The summed E-state index contributed by atoms with van der Waals surface area (Å²) >= 11 is 1.78. The Kier molecular flexibility index (Phi) is 3.76. The van der Waals surface area contributed by atoms with Crippen molar-refractivity contribution in [3.8, 4) is 0 Å². The molecule has 1 unspecified atom stereocenters. The lowest BCUT2D eigenvalue weighted by Gasteiger charge is -2.26. The lowest BCUT2D eigenvalue weighted by Crippen LogP contribution is -2.32. The van der Waals surface area contributed by atoms with Crippen LogP contribution in [0.25, 0.3) is 5.65 Å².